The molecular formula is C14H18ClNO3. The Labute approximate surface area is 118 Å². The topological polar surface area (TPSA) is 50.9 Å². The number of amides is 1. The fraction of sp³-hybridized carbons (Fsp3) is 0.500. The molecule has 1 amide bonds. The number of anilines is 1. The van der Waals surface area contributed by atoms with Crippen molar-refractivity contribution in [3.63, 3.8) is 0 Å². The van der Waals surface area contributed by atoms with E-state index in [0.29, 0.717) is 10.7 Å². The lowest BCUT2D eigenvalue weighted by molar-refractivity contribution is 0.0635. The lowest BCUT2D eigenvalue weighted by atomic mass is 10.1. The summed E-state index contributed by atoms with van der Waals surface area (Å²) in [5, 5.41) is 3.40. The van der Waals surface area contributed by atoms with Gasteiger partial charge in [-0.2, -0.15) is 0 Å². The van der Waals surface area contributed by atoms with Crippen LogP contribution < -0.4 is 5.32 Å². The van der Waals surface area contributed by atoms with Gasteiger partial charge in [-0.25, -0.2) is 4.79 Å². The van der Waals surface area contributed by atoms with Crippen molar-refractivity contribution in [3.8, 4) is 0 Å². The number of halogens is 1. The minimum absolute atomic E-state index is 0.234. The fourth-order valence-electron chi connectivity index (χ4n) is 1.70. The molecule has 0 aromatic heterocycles. The molecule has 0 radical (unpaired) electrons. The zero-order valence-electron chi connectivity index (χ0n) is 11.3. The maximum Gasteiger partial charge on any atom is 0.412 e. The summed E-state index contributed by atoms with van der Waals surface area (Å²) in [5.41, 5.74) is 1.16. The smallest absolute Gasteiger partial charge is 0.412 e. The molecule has 4 nitrogen and oxygen atoms in total. The van der Waals surface area contributed by atoms with Gasteiger partial charge in [0.25, 0.3) is 0 Å². The van der Waals surface area contributed by atoms with Crippen LogP contribution in [0.5, 0.6) is 0 Å². The molecule has 1 aromatic carbocycles. The van der Waals surface area contributed by atoms with Crippen LogP contribution in [0.25, 0.3) is 0 Å². The highest BCUT2D eigenvalue weighted by Gasteiger charge is 2.25. The second kappa shape index (κ2) is 5.39. The van der Waals surface area contributed by atoms with Crippen molar-refractivity contribution >= 4 is 23.4 Å². The van der Waals surface area contributed by atoms with Gasteiger partial charge in [0.1, 0.15) is 5.60 Å². The van der Waals surface area contributed by atoms with Crippen LogP contribution in [-0.4, -0.2) is 24.4 Å². The lowest BCUT2D eigenvalue weighted by Crippen LogP contribution is -2.27. The number of hydrogen-bond donors (Lipinski definition) is 1. The van der Waals surface area contributed by atoms with Gasteiger partial charge in [0.15, 0.2) is 0 Å². The average molecular weight is 284 g/mol. The summed E-state index contributed by atoms with van der Waals surface area (Å²) in [7, 11) is 0. The fourth-order valence-corrected chi connectivity index (χ4v) is 1.89. The van der Waals surface area contributed by atoms with Gasteiger partial charge in [-0.1, -0.05) is 11.6 Å². The van der Waals surface area contributed by atoms with Gasteiger partial charge in [0.05, 0.1) is 12.7 Å². The van der Waals surface area contributed by atoms with E-state index in [1.807, 2.05) is 26.8 Å². The quantitative estimate of drug-likeness (QED) is 0.862. The third kappa shape index (κ3) is 4.73. The third-order valence-corrected chi connectivity index (χ3v) is 2.79. The van der Waals surface area contributed by atoms with Crippen molar-refractivity contribution in [1.29, 1.82) is 0 Å². The molecule has 1 heterocycles. The molecule has 2 rings (SSSR count). The number of carbonyl (C=O) groups is 1. The Morgan fingerprint density at radius 1 is 1.53 bits per heavy atom. The van der Waals surface area contributed by atoms with Gasteiger partial charge >= 0.3 is 6.09 Å². The highest BCUT2D eigenvalue weighted by atomic mass is 35.5. The van der Waals surface area contributed by atoms with Crippen LogP contribution >= 0.6 is 11.6 Å². The third-order valence-electron chi connectivity index (χ3n) is 2.55. The Morgan fingerprint density at radius 2 is 2.21 bits per heavy atom. The minimum Gasteiger partial charge on any atom is -0.444 e. The van der Waals surface area contributed by atoms with Crippen LogP contribution in [0.2, 0.25) is 5.02 Å². The lowest BCUT2D eigenvalue weighted by Gasteiger charge is -2.20. The van der Waals surface area contributed by atoms with Crippen LogP contribution in [-0.2, 0) is 15.9 Å². The second-order valence-corrected chi connectivity index (χ2v) is 6.02. The molecule has 19 heavy (non-hydrogen) atoms. The first-order valence-corrected chi connectivity index (χ1v) is 6.61. The van der Waals surface area contributed by atoms with E-state index in [2.05, 4.69) is 5.32 Å². The molecule has 1 atom stereocenters. The first-order chi connectivity index (χ1) is 8.83. The van der Waals surface area contributed by atoms with E-state index in [0.717, 1.165) is 18.6 Å². The van der Waals surface area contributed by atoms with E-state index < -0.39 is 11.7 Å². The van der Waals surface area contributed by atoms with Crippen molar-refractivity contribution < 1.29 is 14.3 Å². The summed E-state index contributed by atoms with van der Waals surface area (Å²) in [6.07, 6.45) is 0.511. The summed E-state index contributed by atoms with van der Waals surface area (Å²) in [4.78, 5) is 11.8. The van der Waals surface area contributed by atoms with Crippen LogP contribution in [0.4, 0.5) is 10.5 Å². The van der Waals surface area contributed by atoms with E-state index in [9.17, 15) is 4.79 Å². The number of ether oxygens (including phenoxy) is 2. The standard InChI is InChI=1S/C14H18ClNO3/c1-14(2,3)19-13(17)16-12-5-4-10(15)6-9(12)7-11-8-18-11/h4-6,11H,7-8H2,1-3H3,(H,16,17). The van der Waals surface area contributed by atoms with Crippen molar-refractivity contribution in [1.82, 2.24) is 0 Å². The van der Waals surface area contributed by atoms with Gasteiger partial charge in [0.2, 0.25) is 0 Å². The van der Waals surface area contributed by atoms with Crippen molar-refractivity contribution in [3.05, 3.63) is 28.8 Å². The molecule has 0 saturated carbocycles. The molecule has 0 spiro atoms. The predicted molar refractivity (Wildman–Crippen MR) is 74.8 cm³/mol. The Morgan fingerprint density at radius 3 is 2.79 bits per heavy atom. The van der Waals surface area contributed by atoms with Crippen LogP contribution in [0.1, 0.15) is 26.3 Å². The Balaban J connectivity index is 2.07. The largest absolute Gasteiger partial charge is 0.444 e. The summed E-state index contributed by atoms with van der Waals surface area (Å²) in [6.45, 7) is 6.24. The van der Waals surface area contributed by atoms with Crippen LogP contribution in [0.3, 0.4) is 0 Å². The maximum atomic E-state index is 11.8. The molecule has 5 heteroatoms. The number of hydrogen-bond acceptors (Lipinski definition) is 3. The Hall–Kier alpha value is -1.26. The molecule has 0 bridgehead atoms. The van der Waals surface area contributed by atoms with Gasteiger partial charge in [-0.3, -0.25) is 5.32 Å². The van der Waals surface area contributed by atoms with E-state index in [4.69, 9.17) is 21.1 Å². The Kier molecular flexibility index (Phi) is 4.02. The molecule has 1 fully saturated rings. The molecule has 1 aromatic rings. The molecule has 1 aliphatic heterocycles. The first kappa shape index (κ1) is 14.2. The van der Waals surface area contributed by atoms with Gasteiger partial charge in [0, 0.05) is 17.1 Å². The summed E-state index contributed by atoms with van der Waals surface area (Å²) in [6, 6.07) is 5.37. The number of epoxide rings is 1. The monoisotopic (exact) mass is 283 g/mol. The SMILES string of the molecule is CC(C)(C)OC(=O)Nc1ccc(Cl)cc1CC1CO1. The van der Waals surface area contributed by atoms with Gasteiger partial charge in [-0.15, -0.1) is 0 Å². The van der Waals surface area contributed by atoms with Crippen molar-refractivity contribution in [2.24, 2.45) is 0 Å². The number of nitrogens with one attached hydrogen (secondary N) is 1. The van der Waals surface area contributed by atoms with Gasteiger partial charge in [-0.05, 0) is 44.5 Å². The zero-order valence-corrected chi connectivity index (χ0v) is 12.1. The molecule has 1 aliphatic rings. The normalized spacial score (nSPS) is 18.0. The summed E-state index contributed by atoms with van der Waals surface area (Å²) in [5.74, 6) is 0. The number of benzene rings is 1. The predicted octanol–water partition coefficient (Wildman–Crippen LogP) is 3.63. The summed E-state index contributed by atoms with van der Waals surface area (Å²) < 4.78 is 10.4. The average Bonchev–Trinajstić information content (AvgIpc) is 3.03. The second-order valence-electron chi connectivity index (χ2n) is 5.59. The zero-order chi connectivity index (χ0) is 14.0. The van der Waals surface area contributed by atoms with Crippen LogP contribution in [0.15, 0.2) is 18.2 Å². The molecular weight excluding hydrogens is 266 g/mol. The molecule has 1 N–H and O–H groups in total. The molecule has 1 unspecified atom stereocenters. The summed E-state index contributed by atoms with van der Waals surface area (Å²) >= 11 is 5.98. The van der Waals surface area contributed by atoms with Crippen LogP contribution in [0, 0.1) is 0 Å². The van der Waals surface area contributed by atoms with E-state index in [-0.39, 0.29) is 6.10 Å². The maximum absolute atomic E-state index is 11.8. The van der Waals surface area contributed by atoms with E-state index >= 15 is 0 Å². The Bertz CT molecular complexity index is 478. The highest BCUT2D eigenvalue weighted by Crippen LogP contribution is 2.26. The highest BCUT2D eigenvalue weighted by molar-refractivity contribution is 6.30. The van der Waals surface area contributed by atoms with E-state index in [1.54, 1.807) is 12.1 Å². The number of carbonyl (C=O) groups excluding carboxylic acids is 1. The van der Waals surface area contributed by atoms with Crippen molar-refractivity contribution in [2.45, 2.75) is 38.9 Å². The minimum atomic E-state index is -0.518. The number of rotatable bonds is 3. The molecule has 104 valence electrons. The molecule has 0 aliphatic carbocycles. The van der Waals surface area contributed by atoms with Crippen molar-refractivity contribution in [2.75, 3.05) is 11.9 Å². The first-order valence-electron chi connectivity index (χ1n) is 6.23. The molecule has 1 saturated heterocycles. The van der Waals surface area contributed by atoms with E-state index in [1.165, 1.54) is 0 Å². The van der Waals surface area contributed by atoms with Gasteiger partial charge < -0.3 is 9.47 Å².